The Bertz CT molecular complexity index is 456. The van der Waals surface area contributed by atoms with Crippen LogP contribution in [0.15, 0.2) is 30.3 Å². The number of carbonyl (C=O) groups excluding carboxylic acids is 2. The lowest BCUT2D eigenvalue weighted by Crippen LogP contribution is -2.20. The van der Waals surface area contributed by atoms with Gasteiger partial charge in [0, 0.05) is 6.54 Å². The Morgan fingerprint density at radius 1 is 1.14 bits per heavy atom. The average Bonchev–Trinajstić information content (AvgIpc) is 2.39. The van der Waals surface area contributed by atoms with E-state index in [1.807, 2.05) is 19.0 Å². The molecule has 6 nitrogen and oxygen atoms in total. The van der Waals surface area contributed by atoms with Gasteiger partial charge in [0.25, 0.3) is 0 Å². The second-order valence-electron chi connectivity index (χ2n) is 4.57. The lowest BCUT2D eigenvalue weighted by molar-refractivity contribution is -0.145. The fraction of sp³-hybridized carbons (Fsp3) is 0.400. The molecular formula is C15H21NO5. The molecule has 0 aliphatic carbocycles. The molecule has 0 atom stereocenters. The van der Waals surface area contributed by atoms with Gasteiger partial charge in [-0.3, -0.25) is 9.59 Å². The van der Waals surface area contributed by atoms with Crippen molar-refractivity contribution < 1.29 is 24.2 Å². The molecule has 1 rings (SSSR count). The summed E-state index contributed by atoms with van der Waals surface area (Å²) < 4.78 is 4.76. The Morgan fingerprint density at radius 2 is 1.71 bits per heavy atom. The van der Waals surface area contributed by atoms with Crippen LogP contribution >= 0.6 is 0 Å². The maximum absolute atomic E-state index is 10.8. The zero-order valence-electron chi connectivity index (χ0n) is 12.5. The Morgan fingerprint density at radius 3 is 2.10 bits per heavy atom. The molecule has 0 aliphatic rings. The molecule has 0 saturated heterocycles. The lowest BCUT2D eigenvalue weighted by atomic mass is 10.2. The molecule has 21 heavy (non-hydrogen) atoms. The summed E-state index contributed by atoms with van der Waals surface area (Å²) in [6, 6.07) is 8.30. The van der Waals surface area contributed by atoms with Crippen LogP contribution in [0.1, 0.15) is 23.7 Å². The molecular weight excluding hydrogens is 274 g/mol. The summed E-state index contributed by atoms with van der Waals surface area (Å²) in [6.07, 6.45) is -0.118. The summed E-state index contributed by atoms with van der Waals surface area (Å²) in [5, 5.41) is 8.38. The van der Waals surface area contributed by atoms with E-state index >= 15 is 0 Å². The minimum absolute atomic E-state index is 0.118. The molecule has 0 heterocycles. The zero-order valence-corrected chi connectivity index (χ0v) is 12.5. The van der Waals surface area contributed by atoms with Gasteiger partial charge in [-0.1, -0.05) is 18.2 Å². The molecule has 1 aromatic carbocycles. The number of carboxylic acids is 1. The standard InChI is InChI=1S/C8H15NO3.C7H6O2/c1-7(10)6-8(11)12-5-4-9(2)3;8-7(9)6-4-2-1-3-5-6/h4-6H2,1-3H3;1-5H,(H,8,9). The highest BCUT2D eigenvalue weighted by Gasteiger charge is 2.05. The number of carboxylic acid groups (broad SMARTS) is 1. The zero-order chi connectivity index (χ0) is 16.3. The highest BCUT2D eigenvalue weighted by molar-refractivity contribution is 5.94. The lowest BCUT2D eigenvalue weighted by Gasteiger charge is -2.08. The first kappa shape index (κ1) is 18.8. The first-order valence-corrected chi connectivity index (χ1v) is 6.41. The van der Waals surface area contributed by atoms with Crippen LogP contribution in [0.25, 0.3) is 0 Å². The number of ketones is 1. The number of Topliss-reactive ketones (excluding diaryl/α,β-unsaturated/α-hetero) is 1. The van der Waals surface area contributed by atoms with Crippen LogP contribution in [-0.2, 0) is 14.3 Å². The van der Waals surface area contributed by atoms with Gasteiger partial charge in [0.15, 0.2) is 0 Å². The number of nitrogens with zero attached hydrogens (tertiary/aromatic N) is 1. The molecule has 0 spiro atoms. The molecule has 0 aliphatic heterocycles. The van der Waals surface area contributed by atoms with E-state index in [0.29, 0.717) is 18.7 Å². The van der Waals surface area contributed by atoms with E-state index in [4.69, 9.17) is 9.84 Å². The molecule has 116 valence electrons. The molecule has 0 bridgehead atoms. The number of carbonyl (C=O) groups is 3. The molecule has 0 unspecified atom stereocenters. The second kappa shape index (κ2) is 10.6. The first-order valence-electron chi connectivity index (χ1n) is 6.41. The van der Waals surface area contributed by atoms with Crippen molar-refractivity contribution >= 4 is 17.7 Å². The number of hydrogen-bond donors (Lipinski definition) is 1. The van der Waals surface area contributed by atoms with E-state index in [9.17, 15) is 14.4 Å². The Labute approximate surface area is 124 Å². The average molecular weight is 295 g/mol. The quantitative estimate of drug-likeness (QED) is 0.632. The largest absolute Gasteiger partial charge is 0.478 e. The summed E-state index contributed by atoms with van der Waals surface area (Å²) in [5.41, 5.74) is 0.331. The molecule has 0 fully saturated rings. The molecule has 0 amide bonds. The normalized spacial score (nSPS) is 9.52. The van der Waals surface area contributed by atoms with Crippen molar-refractivity contribution in [2.24, 2.45) is 0 Å². The second-order valence-corrected chi connectivity index (χ2v) is 4.57. The van der Waals surface area contributed by atoms with Crippen LogP contribution in [0, 0.1) is 0 Å². The van der Waals surface area contributed by atoms with Crippen molar-refractivity contribution in [1.29, 1.82) is 0 Å². The fourth-order valence-electron chi connectivity index (χ4n) is 1.18. The van der Waals surface area contributed by atoms with Gasteiger partial charge in [-0.2, -0.15) is 0 Å². The predicted molar refractivity (Wildman–Crippen MR) is 78.2 cm³/mol. The Balaban J connectivity index is 0.000000394. The molecule has 0 aromatic heterocycles. The van der Waals surface area contributed by atoms with Crippen LogP contribution < -0.4 is 0 Å². The molecule has 1 N–H and O–H groups in total. The van der Waals surface area contributed by atoms with E-state index in [1.54, 1.807) is 30.3 Å². The van der Waals surface area contributed by atoms with E-state index < -0.39 is 11.9 Å². The smallest absolute Gasteiger partial charge is 0.335 e. The van der Waals surface area contributed by atoms with Crippen LogP contribution in [-0.4, -0.2) is 55.0 Å². The highest BCUT2D eigenvalue weighted by atomic mass is 16.5. The van der Waals surface area contributed by atoms with E-state index in [0.717, 1.165) is 0 Å². The van der Waals surface area contributed by atoms with Crippen molar-refractivity contribution in [2.75, 3.05) is 27.2 Å². The van der Waals surface area contributed by atoms with Crippen molar-refractivity contribution in [1.82, 2.24) is 4.90 Å². The van der Waals surface area contributed by atoms with Gasteiger partial charge < -0.3 is 14.7 Å². The Kier molecular flexibility index (Phi) is 9.45. The van der Waals surface area contributed by atoms with E-state index in [2.05, 4.69) is 0 Å². The minimum Gasteiger partial charge on any atom is -0.478 e. The topological polar surface area (TPSA) is 83.9 Å². The SMILES string of the molecule is CC(=O)CC(=O)OCCN(C)C.O=C(O)c1ccccc1. The highest BCUT2D eigenvalue weighted by Crippen LogP contribution is 1.96. The summed E-state index contributed by atoms with van der Waals surface area (Å²) in [6.45, 7) is 2.40. The van der Waals surface area contributed by atoms with Crippen LogP contribution in [0.5, 0.6) is 0 Å². The van der Waals surface area contributed by atoms with Crippen molar-refractivity contribution in [3.63, 3.8) is 0 Å². The van der Waals surface area contributed by atoms with E-state index in [1.165, 1.54) is 6.92 Å². The van der Waals surface area contributed by atoms with Gasteiger partial charge in [-0.15, -0.1) is 0 Å². The fourth-order valence-corrected chi connectivity index (χ4v) is 1.18. The third-order valence-electron chi connectivity index (χ3n) is 2.22. The van der Waals surface area contributed by atoms with Crippen molar-refractivity contribution in [3.8, 4) is 0 Å². The van der Waals surface area contributed by atoms with Crippen LogP contribution in [0.2, 0.25) is 0 Å². The maximum Gasteiger partial charge on any atom is 0.335 e. The van der Waals surface area contributed by atoms with Crippen LogP contribution in [0.3, 0.4) is 0 Å². The summed E-state index contributed by atoms with van der Waals surface area (Å²) in [4.78, 5) is 33.3. The third kappa shape index (κ3) is 11.3. The first-order chi connectivity index (χ1) is 9.82. The summed E-state index contributed by atoms with van der Waals surface area (Å²) >= 11 is 0. The minimum atomic E-state index is -0.879. The van der Waals surface area contributed by atoms with Gasteiger partial charge in [-0.05, 0) is 33.2 Å². The maximum atomic E-state index is 10.8. The molecule has 6 heteroatoms. The van der Waals surface area contributed by atoms with Gasteiger partial charge in [0.2, 0.25) is 0 Å². The van der Waals surface area contributed by atoms with Gasteiger partial charge in [-0.25, -0.2) is 4.79 Å². The van der Waals surface area contributed by atoms with Crippen molar-refractivity contribution in [3.05, 3.63) is 35.9 Å². The molecule has 0 radical (unpaired) electrons. The third-order valence-corrected chi connectivity index (χ3v) is 2.22. The van der Waals surface area contributed by atoms with Gasteiger partial charge in [0.1, 0.15) is 18.8 Å². The van der Waals surface area contributed by atoms with E-state index in [-0.39, 0.29) is 12.2 Å². The summed E-state index contributed by atoms with van der Waals surface area (Å²) in [5.74, 6) is -1.48. The van der Waals surface area contributed by atoms with Crippen molar-refractivity contribution in [2.45, 2.75) is 13.3 Å². The predicted octanol–water partition coefficient (Wildman–Crippen LogP) is 1.46. The molecule has 0 saturated carbocycles. The summed E-state index contributed by atoms with van der Waals surface area (Å²) in [7, 11) is 3.78. The van der Waals surface area contributed by atoms with Gasteiger partial charge >= 0.3 is 11.9 Å². The number of benzene rings is 1. The number of rotatable bonds is 6. The van der Waals surface area contributed by atoms with Gasteiger partial charge in [0.05, 0.1) is 5.56 Å². The monoisotopic (exact) mass is 295 g/mol. The number of likely N-dealkylation sites (N-methyl/N-ethyl adjacent to an activating group) is 1. The Hall–Kier alpha value is -2.21. The number of hydrogen-bond acceptors (Lipinski definition) is 5. The number of aromatic carboxylic acids is 1. The number of esters is 1. The molecule has 1 aromatic rings. The van der Waals surface area contributed by atoms with Crippen LogP contribution in [0.4, 0.5) is 0 Å². The number of ether oxygens (including phenoxy) is 1.